The molecular weight excluding hydrogens is 302 g/mol. The highest BCUT2D eigenvalue weighted by molar-refractivity contribution is 7.91. The lowest BCUT2D eigenvalue weighted by Crippen LogP contribution is -2.26. The highest BCUT2D eigenvalue weighted by Gasteiger charge is 2.20. The van der Waals surface area contributed by atoms with Crippen molar-refractivity contribution in [1.29, 1.82) is 0 Å². The predicted molar refractivity (Wildman–Crippen MR) is 88.2 cm³/mol. The van der Waals surface area contributed by atoms with Gasteiger partial charge >= 0.3 is 0 Å². The van der Waals surface area contributed by atoms with Crippen molar-refractivity contribution in [2.24, 2.45) is 0 Å². The SMILES string of the molecule is CC(NS(=O)(=O)c1cccs1)c1ccc(C(C)(C)C)cc1. The van der Waals surface area contributed by atoms with Crippen LogP contribution < -0.4 is 4.72 Å². The normalized spacial score (nSPS) is 14.1. The number of thiophene rings is 1. The molecule has 114 valence electrons. The second-order valence-corrected chi connectivity index (χ2v) is 9.04. The smallest absolute Gasteiger partial charge is 0.206 e. The number of hydrogen-bond donors (Lipinski definition) is 1. The summed E-state index contributed by atoms with van der Waals surface area (Å²) in [5.41, 5.74) is 2.29. The number of rotatable bonds is 4. The van der Waals surface area contributed by atoms with Gasteiger partial charge in [0.05, 0.1) is 0 Å². The van der Waals surface area contributed by atoms with E-state index in [1.807, 2.05) is 19.1 Å². The molecule has 1 aromatic carbocycles. The Bertz CT molecular complexity index is 681. The largest absolute Gasteiger partial charge is 0.250 e. The van der Waals surface area contributed by atoms with E-state index in [4.69, 9.17) is 0 Å². The molecule has 1 heterocycles. The molecule has 0 spiro atoms. The molecule has 2 aromatic rings. The number of benzene rings is 1. The van der Waals surface area contributed by atoms with Gasteiger partial charge in [-0.15, -0.1) is 11.3 Å². The monoisotopic (exact) mass is 323 g/mol. The van der Waals surface area contributed by atoms with Crippen LogP contribution in [-0.2, 0) is 15.4 Å². The van der Waals surface area contributed by atoms with Crippen molar-refractivity contribution >= 4 is 21.4 Å². The lowest BCUT2D eigenvalue weighted by molar-refractivity contribution is 0.568. The first-order valence-corrected chi connectivity index (χ1v) is 9.23. The molecule has 21 heavy (non-hydrogen) atoms. The van der Waals surface area contributed by atoms with E-state index >= 15 is 0 Å². The molecule has 0 aliphatic rings. The summed E-state index contributed by atoms with van der Waals surface area (Å²) in [5.74, 6) is 0. The summed E-state index contributed by atoms with van der Waals surface area (Å²) in [4.78, 5) is 0. The van der Waals surface area contributed by atoms with E-state index in [0.717, 1.165) is 5.56 Å². The van der Waals surface area contributed by atoms with Gasteiger partial charge in [0.15, 0.2) is 0 Å². The minimum absolute atomic E-state index is 0.0955. The van der Waals surface area contributed by atoms with Crippen molar-refractivity contribution in [2.45, 2.75) is 43.4 Å². The quantitative estimate of drug-likeness (QED) is 0.921. The predicted octanol–water partition coefficient (Wildman–Crippen LogP) is 4.09. The molecule has 0 radical (unpaired) electrons. The van der Waals surface area contributed by atoms with Crippen LogP contribution in [-0.4, -0.2) is 8.42 Å². The Morgan fingerprint density at radius 2 is 1.71 bits per heavy atom. The zero-order valence-electron chi connectivity index (χ0n) is 12.8. The van der Waals surface area contributed by atoms with Gasteiger partial charge in [0.25, 0.3) is 10.0 Å². The third-order valence-electron chi connectivity index (χ3n) is 3.37. The van der Waals surface area contributed by atoms with Crippen molar-refractivity contribution in [3.63, 3.8) is 0 Å². The summed E-state index contributed by atoms with van der Waals surface area (Å²) in [6, 6.07) is 11.2. The van der Waals surface area contributed by atoms with Crippen molar-refractivity contribution in [1.82, 2.24) is 4.72 Å². The third-order valence-corrected chi connectivity index (χ3v) is 6.31. The van der Waals surface area contributed by atoms with E-state index in [9.17, 15) is 8.42 Å². The van der Waals surface area contributed by atoms with Gasteiger partial charge < -0.3 is 0 Å². The van der Waals surface area contributed by atoms with Crippen LogP contribution in [0.15, 0.2) is 46.0 Å². The van der Waals surface area contributed by atoms with Crippen molar-refractivity contribution in [3.05, 3.63) is 52.9 Å². The van der Waals surface area contributed by atoms with Crippen LogP contribution in [0.1, 0.15) is 44.9 Å². The van der Waals surface area contributed by atoms with Crippen LogP contribution in [0.4, 0.5) is 0 Å². The second kappa shape index (κ2) is 5.91. The van der Waals surface area contributed by atoms with Crippen LogP contribution in [0, 0.1) is 0 Å². The van der Waals surface area contributed by atoms with Gasteiger partial charge in [0.2, 0.25) is 0 Å². The van der Waals surface area contributed by atoms with E-state index in [1.165, 1.54) is 16.9 Å². The molecule has 0 amide bonds. The lowest BCUT2D eigenvalue weighted by atomic mass is 9.86. The van der Waals surface area contributed by atoms with Crippen molar-refractivity contribution in [2.75, 3.05) is 0 Å². The zero-order chi connectivity index (χ0) is 15.7. The molecular formula is C16H21NO2S2. The van der Waals surface area contributed by atoms with Gasteiger partial charge in [0, 0.05) is 6.04 Å². The van der Waals surface area contributed by atoms with Crippen LogP contribution in [0.3, 0.4) is 0 Å². The van der Waals surface area contributed by atoms with Crippen molar-refractivity contribution < 1.29 is 8.42 Å². The molecule has 1 N–H and O–H groups in total. The fraction of sp³-hybridized carbons (Fsp3) is 0.375. The van der Waals surface area contributed by atoms with Gasteiger partial charge in [-0.2, -0.15) is 0 Å². The molecule has 2 rings (SSSR count). The molecule has 0 fully saturated rings. The Hall–Kier alpha value is -1.17. The topological polar surface area (TPSA) is 46.2 Å². The van der Waals surface area contributed by atoms with Crippen LogP contribution in [0.5, 0.6) is 0 Å². The molecule has 0 bridgehead atoms. The number of sulfonamides is 1. The number of nitrogens with one attached hydrogen (secondary N) is 1. The Balaban J connectivity index is 2.16. The maximum absolute atomic E-state index is 12.2. The van der Waals surface area contributed by atoms with Crippen molar-refractivity contribution in [3.8, 4) is 0 Å². The Labute approximate surface area is 131 Å². The highest BCUT2D eigenvalue weighted by Crippen LogP contribution is 2.25. The standard InChI is InChI=1S/C16H21NO2S2/c1-12(17-21(18,19)15-6-5-11-20-15)13-7-9-14(10-8-13)16(2,3)4/h5-12,17H,1-4H3. The Kier molecular flexibility index (Phi) is 4.56. The van der Waals surface area contributed by atoms with E-state index in [2.05, 4.69) is 37.6 Å². The highest BCUT2D eigenvalue weighted by atomic mass is 32.2. The maximum Gasteiger partial charge on any atom is 0.250 e. The van der Waals surface area contributed by atoms with Gasteiger partial charge in [-0.3, -0.25) is 0 Å². The summed E-state index contributed by atoms with van der Waals surface area (Å²) in [6.45, 7) is 8.33. The molecule has 5 heteroatoms. The molecule has 1 aromatic heterocycles. The fourth-order valence-corrected chi connectivity index (χ4v) is 4.29. The van der Waals surface area contributed by atoms with Crippen LogP contribution in [0.2, 0.25) is 0 Å². The van der Waals surface area contributed by atoms with Gasteiger partial charge in [-0.25, -0.2) is 13.1 Å². The second-order valence-electron chi connectivity index (χ2n) is 6.15. The summed E-state index contributed by atoms with van der Waals surface area (Å²) in [6.07, 6.45) is 0. The van der Waals surface area contributed by atoms with Gasteiger partial charge in [-0.05, 0) is 34.9 Å². The maximum atomic E-state index is 12.2. The Morgan fingerprint density at radius 3 is 2.19 bits per heavy atom. The first kappa shape index (κ1) is 16.2. The summed E-state index contributed by atoms with van der Waals surface area (Å²) >= 11 is 1.22. The molecule has 1 atom stereocenters. The third kappa shape index (κ3) is 3.93. The first-order chi connectivity index (χ1) is 9.70. The summed E-state index contributed by atoms with van der Waals surface area (Å²) in [5, 5.41) is 1.76. The van der Waals surface area contributed by atoms with E-state index in [1.54, 1.807) is 17.5 Å². The molecule has 0 aliphatic heterocycles. The minimum atomic E-state index is -3.43. The summed E-state index contributed by atoms with van der Waals surface area (Å²) in [7, 11) is -3.43. The van der Waals surface area contributed by atoms with Crippen LogP contribution in [0.25, 0.3) is 0 Å². The van der Waals surface area contributed by atoms with E-state index < -0.39 is 10.0 Å². The average molecular weight is 323 g/mol. The average Bonchev–Trinajstić information content (AvgIpc) is 2.92. The first-order valence-electron chi connectivity index (χ1n) is 6.86. The molecule has 0 saturated carbocycles. The molecule has 1 unspecified atom stereocenters. The fourth-order valence-electron chi connectivity index (χ4n) is 2.05. The molecule has 0 saturated heterocycles. The molecule has 3 nitrogen and oxygen atoms in total. The van der Waals surface area contributed by atoms with Gasteiger partial charge in [0.1, 0.15) is 4.21 Å². The van der Waals surface area contributed by atoms with Gasteiger partial charge in [-0.1, -0.05) is 51.1 Å². The van der Waals surface area contributed by atoms with Crippen LogP contribution >= 0.6 is 11.3 Å². The zero-order valence-corrected chi connectivity index (χ0v) is 14.4. The summed E-state index contributed by atoms with van der Waals surface area (Å²) < 4.78 is 27.5. The number of hydrogen-bond acceptors (Lipinski definition) is 3. The van der Waals surface area contributed by atoms with E-state index in [0.29, 0.717) is 4.21 Å². The lowest BCUT2D eigenvalue weighted by Gasteiger charge is -2.20. The molecule has 0 aliphatic carbocycles. The minimum Gasteiger partial charge on any atom is -0.206 e. The Morgan fingerprint density at radius 1 is 1.10 bits per heavy atom. The van der Waals surface area contributed by atoms with E-state index in [-0.39, 0.29) is 11.5 Å².